The molecule has 0 spiro atoms. The molecular weight excluding hydrogens is 443 g/mol. The number of anilines is 3. The number of ether oxygens (including phenoxy) is 1. The van der Waals surface area contributed by atoms with Crippen molar-refractivity contribution >= 4 is 41.6 Å². The molecule has 3 aliphatic rings. The van der Waals surface area contributed by atoms with Crippen LogP contribution >= 0.6 is 24.0 Å². The van der Waals surface area contributed by atoms with Crippen LogP contribution in [0.5, 0.6) is 0 Å². The molecule has 3 heterocycles. The highest BCUT2D eigenvalue weighted by Crippen LogP contribution is 2.48. The molecule has 2 N–H and O–H groups in total. The summed E-state index contributed by atoms with van der Waals surface area (Å²) in [6.45, 7) is 1.82. The van der Waals surface area contributed by atoms with Crippen LogP contribution in [0, 0.1) is 5.41 Å². The Kier molecular flexibility index (Phi) is 4.81. The van der Waals surface area contributed by atoms with Crippen molar-refractivity contribution < 1.29 is 4.74 Å². The lowest BCUT2D eigenvalue weighted by Crippen LogP contribution is -2.38. The maximum atomic E-state index is 5.47. The van der Waals surface area contributed by atoms with Gasteiger partial charge in [0.15, 0.2) is 5.82 Å². The summed E-state index contributed by atoms with van der Waals surface area (Å²) in [5, 5.41) is 10.8. The molecule has 2 saturated carbocycles. The molecule has 2 atom stereocenters. The van der Waals surface area contributed by atoms with Gasteiger partial charge in [0.25, 0.3) is 0 Å². The Morgan fingerprint density at radius 1 is 1.35 bits per heavy atom. The first-order chi connectivity index (χ1) is 12.2. The normalized spacial score (nSPS) is 26.8. The first-order valence-electron chi connectivity index (χ1n) is 9.16. The second-order valence-corrected chi connectivity index (χ2v) is 7.81. The van der Waals surface area contributed by atoms with Gasteiger partial charge in [-0.15, -0.1) is 24.0 Å². The summed E-state index contributed by atoms with van der Waals surface area (Å²) in [4.78, 5) is 11.6. The van der Waals surface area contributed by atoms with Crippen LogP contribution < -0.4 is 10.2 Å². The monoisotopic (exact) mass is 468 g/mol. The van der Waals surface area contributed by atoms with Gasteiger partial charge in [-0.2, -0.15) is 10.1 Å². The second-order valence-electron chi connectivity index (χ2n) is 7.81. The van der Waals surface area contributed by atoms with E-state index in [-0.39, 0.29) is 29.4 Å². The Morgan fingerprint density at radius 3 is 3.04 bits per heavy atom. The maximum Gasteiger partial charge on any atom is 0.227 e. The fourth-order valence-corrected chi connectivity index (χ4v) is 4.49. The van der Waals surface area contributed by atoms with Crippen molar-refractivity contribution in [3.8, 4) is 0 Å². The first-order valence-corrected chi connectivity index (χ1v) is 9.16. The predicted octanol–water partition coefficient (Wildman–Crippen LogP) is 3.44. The molecule has 0 amide bonds. The summed E-state index contributed by atoms with van der Waals surface area (Å²) in [5.41, 5.74) is 1.50. The third kappa shape index (κ3) is 3.28. The summed E-state index contributed by atoms with van der Waals surface area (Å²) in [5.74, 6) is 3.10. The van der Waals surface area contributed by atoms with Gasteiger partial charge in [0.05, 0.1) is 6.61 Å². The molecule has 2 aromatic rings. The minimum absolute atomic E-state index is 0. The van der Waals surface area contributed by atoms with E-state index in [1.807, 2.05) is 12.3 Å². The molecule has 2 aliphatic carbocycles. The van der Waals surface area contributed by atoms with Gasteiger partial charge in [-0.1, -0.05) is 0 Å². The van der Waals surface area contributed by atoms with E-state index in [4.69, 9.17) is 9.72 Å². The third-order valence-corrected chi connectivity index (χ3v) is 5.84. The summed E-state index contributed by atoms with van der Waals surface area (Å²) < 4.78 is 5.47. The zero-order chi connectivity index (χ0) is 16.9. The number of hydrogen-bond acceptors (Lipinski definition) is 6. The van der Waals surface area contributed by atoms with Crippen LogP contribution in [-0.4, -0.2) is 46.5 Å². The molecule has 2 aromatic heterocycles. The van der Waals surface area contributed by atoms with Crippen LogP contribution in [0.15, 0.2) is 18.3 Å². The number of nitrogens with one attached hydrogen (secondary N) is 2. The fourth-order valence-electron chi connectivity index (χ4n) is 4.49. The van der Waals surface area contributed by atoms with E-state index in [1.165, 1.54) is 37.8 Å². The number of fused-ring (bicyclic) bond motifs is 2. The largest absolute Gasteiger partial charge is 0.384 e. The average molecular weight is 468 g/mol. The van der Waals surface area contributed by atoms with Crippen molar-refractivity contribution in [2.75, 3.05) is 30.5 Å². The molecule has 0 aromatic carbocycles. The molecule has 140 valence electrons. The van der Waals surface area contributed by atoms with Crippen LogP contribution in [0.25, 0.3) is 0 Å². The summed E-state index contributed by atoms with van der Waals surface area (Å²) >= 11 is 0. The number of aromatic amines is 1. The van der Waals surface area contributed by atoms with Crippen molar-refractivity contribution in [2.24, 2.45) is 5.41 Å². The van der Waals surface area contributed by atoms with E-state index in [9.17, 15) is 0 Å². The van der Waals surface area contributed by atoms with E-state index in [0.29, 0.717) is 12.0 Å². The highest BCUT2D eigenvalue weighted by Gasteiger charge is 2.50. The molecule has 2 unspecified atom stereocenters. The number of H-pyrrole nitrogens is 1. The molecule has 1 aliphatic heterocycles. The standard InChI is InChI=1S/C18H24N6O.HI/c1-25-11-18-6-4-13(9-18)24(10-18)17-19-7-5-15(21-17)20-16-8-14(22-23-16)12-2-3-12;/h5,7-8,12-13H,2-4,6,9-11H2,1H3,(H2,19,20,21,22,23);1H. The van der Waals surface area contributed by atoms with E-state index in [1.54, 1.807) is 7.11 Å². The minimum atomic E-state index is 0. The second kappa shape index (κ2) is 6.95. The van der Waals surface area contributed by atoms with E-state index < -0.39 is 0 Å². The van der Waals surface area contributed by atoms with Gasteiger partial charge >= 0.3 is 0 Å². The SMILES string of the molecule is COCC12CCC(C1)N(c1nccc(Nc3cc(C4CC4)[nH]n3)n1)C2.I. The van der Waals surface area contributed by atoms with Crippen LogP contribution in [0.4, 0.5) is 17.6 Å². The topological polar surface area (TPSA) is 79.0 Å². The number of halogens is 1. The molecule has 7 nitrogen and oxygen atoms in total. The van der Waals surface area contributed by atoms with Gasteiger partial charge < -0.3 is 15.0 Å². The molecular formula is C18H25IN6O. The number of nitrogens with zero attached hydrogens (tertiary/aromatic N) is 4. The minimum Gasteiger partial charge on any atom is -0.384 e. The van der Waals surface area contributed by atoms with Crippen molar-refractivity contribution in [2.45, 2.75) is 44.1 Å². The Labute approximate surface area is 170 Å². The van der Waals surface area contributed by atoms with Gasteiger partial charge in [0.2, 0.25) is 5.95 Å². The highest BCUT2D eigenvalue weighted by atomic mass is 127. The first kappa shape index (κ1) is 18.0. The van der Waals surface area contributed by atoms with E-state index in [0.717, 1.165) is 30.7 Å². The van der Waals surface area contributed by atoms with Crippen LogP contribution in [0.2, 0.25) is 0 Å². The average Bonchev–Trinajstić information content (AvgIpc) is 3.08. The summed E-state index contributed by atoms with van der Waals surface area (Å²) in [6, 6.07) is 4.52. The lowest BCUT2D eigenvalue weighted by atomic mass is 9.88. The third-order valence-electron chi connectivity index (χ3n) is 5.84. The lowest BCUT2D eigenvalue weighted by Gasteiger charge is -2.32. The molecule has 2 bridgehead atoms. The highest BCUT2D eigenvalue weighted by molar-refractivity contribution is 14.0. The molecule has 26 heavy (non-hydrogen) atoms. The zero-order valence-electron chi connectivity index (χ0n) is 14.9. The Bertz CT molecular complexity index is 779. The smallest absolute Gasteiger partial charge is 0.227 e. The number of rotatable bonds is 6. The van der Waals surface area contributed by atoms with Gasteiger partial charge in [0.1, 0.15) is 5.82 Å². The predicted molar refractivity (Wildman–Crippen MR) is 111 cm³/mol. The van der Waals surface area contributed by atoms with Crippen molar-refractivity contribution in [1.82, 2.24) is 20.2 Å². The molecule has 3 fully saturated rings. The Hall–Kier alpha value is -1.42. The van der Waals surface area contributed by atoms with E-state index >= 15 is 0 Å². The van der Waals surface area contributed by atoms with Gasteiger partial charge in [-0.05, 0) is 38.2 Å². The quantitative estimate of drug-likeness (QED) is 0.633. The zero-order valence-corrected chi connectivity index (χ0v) is 17.3. The number of methoxy groups -OCH3 is 1. The van der Waals surface area contributed by atoms with Crippen molar-refractivity contribution in [3.63, 3.8) is 0 Å². The Balaban J connectivity index is 0.00000168. The van der Waals surface area contributed by atoms with Crippen LogP contribution in [-0.2, 0) is 4.74 Å². The number of piperidine rings is 1. The van der Waals surface area contributed by atoms with Crippen LogP contribution in [0.1, 0.15) is 43.7 Å². The van der Waals surface area contributed by atoms with Crippen molar-refractivity contribution in [1.29, 1.82) is 0 Å². The van der Waals surface area contributed by atoms with Gasteiger partial charge in [0, 0.05) is 49.0 Å². The van der Waals surface area contributed by atoms with Crippen molar-refractivity contribution in [3.05, 3.63) is 24.0 Å². The number of hydrogen-bond donors (Lipinski definition) is 2. The molecule has 0 radical (unpaired) electrons. The Morgan fingerprint density at radius 2 is 2.23 bits per heavy atom. The molecule has 1 saturated heterocycles. The molecule has 8 heteroatoms. The van der Waals surface area contributed by atoms with Gasteiger partial charge in [-0.3, -0.25) is 5.10 Å². The maximum absolute atomic E-state index is 5.47. The fraction of sp³-hybridized carbons (Fsp3) is 0.611. The summed E-state index contributed by atoms with van der Waals surface area (Å²) in [6.07, 6.45) is 7.99. The lowest BCUT2D eigenvalue weighted by molar-refractivity contribution is 0.0963. The van der Waals surface area contributed by atoms with Crippen LogP contribution in [0.3, 0.4) is 0 Å². The number of aromatic nitrogens is 4. The van der Waals surface area contributed by atoms with E-state index in [2.05, 4.69) is 31.5 Å². The summed E-state index contributed by atoms with van der Waals surface area (Å²) in [7, 11) is 1.80. The van der Waals surface area contributed by atoms with Gasteiger partial charge in [-0.25, -0.2) is 4.98 Å². The molecule has 5 rings (SSSR count).